The van der Waals surface area contributed by atoms with Gasteiger partial charge in [-0.05, 0) is 19.9 Å². The lowest BCUT2D eigenvalue weighted by molar-refractivity contribution is -0.0856. The molecule has 0 aromatic carbocycles. The monoisotopic (exact) mass is 253 g/mol. The number of carbonyl (C=O) groups excluding carboxylic acids is 1. The summed E-state index contributed by atoms with van der Waals surface area (Å²) in [6.07, 6.45) is 3.54. The molecular formula is C13H16FNO3. The maximum Gasteiger partial charge on any atom is 0.341 e. The first kappa shape index (κ1) is 13.0. The third kappa shape index (κ3) is 3.04. The zero-order valence-electron chi connectivity index (χ0n) is 10.4. The van der Waals surface area contributed by atoms with Crippen molar-refractivity contribution >= 4 is 5.97 Å². The lowest BCUT2D eigenvalue weighted by Gasteiger charge is -2.31. The minimum absolute atomic E-state index is 0.0498. The summed E-state index contributed by atoms with van der Waals surface area (Å²) in [5, 5.41) is 0. The van der Waals surface area contributed by atoms with Crippen LogP contribution in [0.4, 0.5) is 4.39 Å². The van der Waals surface area contributed by atoms with E-state index in [4.69, 9.17) is 9.47 Å². The van der Waals surface area contributed by atoms with Crippen LogP contribution in [0.25, 0.3) is 0 Å². The zero-order chi connectivity index (χ0) is 13.1. The van der Waals surface area contributed by atoms with Gasteiger partial charge in [0.15, 0.2) is 5.82 Å². The molecule has 2 unspecified atom stereocenters. The van der Waals surface area contributed by atoms with E-state index in [0.717, 1.165) is 6.20 Å². The predicted molar refractivity (Wildman–Crippen MR) is 62.6 cm³/mol. The van der Waals surface area contributed by atoms with E-state index in [1.54, 1.807) is 0 Å². The first-order valence-electron chi connectivity index (χ1n) is 6.02. The Hall–Kier alpha value is -1.49. The highest BCUT2D eigenvalue weighted by Gasteiger charge is 2.28. The molecule has 1 aliphatic rings. The van der Waals surface area contributed by atoms with E-state index >= 15 is 0 Å². The first-order valence-corrected chi connectivity index (χ1v) is 6.02. The van der Waals surface area contributed by atoms with Gasteiger partial charge in [-0.3, -0.25) is 4.98 Å². The van der Waals surface area contributed by atoms with Crippen LogP contribution in [0.1, 0.15) is 37.0 Å². The van der Waals surface area contributed by atoms with Crippen LogP contribution in [0.2, 0.25) is 0 Å². The van der Waals surface area contributed by atoms with E-state index in [0.29, 0.717) is 12.8 Å². The molecule has 2 rings (SSSR count). The van der Waals surface area contributed by atoms with Gasteiger partial charge in [-0.25, -0.2) is 9.18 Å². The molecule has 98 valence electrons. The maximum absolute atomic E-state index is 13.4. The fourth-order valence-electron chi connectivity index (χ4n) is 2.20. The van der Waals surface area contributed by atoms with E-state index in [1.807, 2.05) is 13.8 Å². The number of hydrogen-bond donors (Lipinski definition) is 0. The highest BCUT2D eigenvalue weighted by molar-refractivity contribution is 5.89. The average Bonchev–Trinajstić information content (AvgIpc) is 2.27. The fraction of sp³-hybridized carbons (Fsp3) is 0.538. The molecule has 0 N–H and O–H groups in total. The summed E-state index contributed by atoms with van der Waals surface area (Å²) >= 11 is 0. The molecule has 5 heteroatoms. The van der Waals surface area contributed by atoms with Crippen molar-refractivity contribution in [3.63, 3.8) is 0 Å². The van der Waals surface area contributed by atoms with Crippen molar-refractivity contribution in [1.29, 1.82) is 0 Å². The summed E-state index contributed by atoms with van der Waals surface area (Å²) in [7, 11) is 0. The fourth-order valence-corrected chi connectivity index (χ4v) is 2.20. The number of nitrogens with zero attached hydrogens (tertiary/aromatic N) is 1. The number of halogens is 1. The Labute approximate surface area is 105 Å². The van der Waals surface area contributed by atoms with Gasteiger partial charge in [-0.1, -0.05) is 0 Å². The molecule has 18 heavy (non-hydrogen) atoms. The van der Waals surface area contributed by atoms with Crippen LogP contribution in [0.15, 0.2) is 18.5 Å². The topological polar surface area (TPSA) is 48.4 Å². The molecule has 0 amide bonds. The lowest BCUT2D eigenvalue weighted by Crippen LogP contribution is -2.35. The smallest absolute Gasteiger partial charge is 0.341 e. The van der Waals surface area contributed by atoms with Crippen molar-refractivity contribution in [2.45, 2.75) is 45.0 Å². The molecule has 1 aliphatic heterocycles. The van der Waals surface area contributed by atoms with Gasteiger partial charge in [0.25, 0.3) is 0 Å². The van der Waals surface area contributed by atoms with Gasteiger partial charge in [0.1, 0.15) is 6.10 Å². The molecule has 1 aromatic heterocycles. The molecule has 1 aromatic rings. The SMILES string of the molecule is CC1CC(OC(=O)c2ccncc2F)CC(C)O1. The Bertz CT molecular complexity index is 428. The number of pyridine rings is 1. The minimum atomic E-state index is -0.657. The molecule has 2 atom stereocenters. The Morgan fingerprint density at radius 3 is 2.72 bits per heavy atom. The van der Waals surface area contributed by atoms with Crippen LogP contribution in [-0.4, -0.2) is 29.3 Å². The second-order valence-corrected chi connectivity index (χ2v) is 4.61. The average molecular weight is 253 g/mol. The number of hydrogen-bond acceptors (Lipinski definition) is 4. The van der Waals surface area contributed by atoms with Gasteiger partial charge in [0.05, 0.1) is 24.0 Å². The van der Waals surface area contributed by atoms with Crippen molar-refractivity contribution in [3.05, 3.63) is 29.8 Å². The van der Waals surface area contributed by atoms with Crippen molar-refractivity contribution in [3.8, 4) is 0 Å². The van der Waals surface area contributed by atoms with E-state index in [1.165, 1.54) is 12.3 Å². The lowest BCUT2D eigenvalue weighted by atomic mass is 10.0. The number of carbonyl (C=O) groups is 1. The summed E-state index contributed by atoms with van der Waals surface area (Å²) in [6, 6.07) is 1.32. The van der Waals surface area contributed by atoms with Crippen LogP contribution in [0.5, 0.6) is 0 Å². The Morgan fingerprint density at radius 2 is 2.11 bits per heavy atom. The van der Waals surface area contributed by atoms with Crippen molar-refractivity contribution in [2.75, 3.05) is 0 Å². The predicted octanol–water partition coefficient (Wildman–Crippen LogP) is 2.33. The number of ether oxygens (including phenoxy) is 2. The van der Waals surface area contributed by atoms with Gasteiger partial charge in [-0.2, -0.15) is 0 Å². The van der Waals surface area contributed by atoms with Crippen LogP contribution in [-0.2, 0) is 9.47 Å². The van der Waals surface area contributed by atoms with Crippen LogP contribution < -0.4 is 0 Å². The largest absolute Gasteiger partial charge is 0.458 e. The third-order valence-corrected chi connectivity index (χ3v) is 2.92. The summed E-state index contributed by atoms with van der Waals surface area (Å²) in [5.41, 5.74) is -0.0724. The van der Waals surface area contributed by atoms with E-state index < -0.39 is 11.8 Å². The van der Waals surface area contributed by atoms with Gasteiger partial charge in [-0.15, -0.1) is 0 Å². The summed E-state index contributed by atoms with van der Waals surface area (Å²) < 4.78 is 24.2. The van der Waals surface area contributed by atoms with Crippen molar-refractivity contribution in [1.82, 2.24) is 4.98 Å². The molecule has 0 radical (unpaired) electrons. The van der Waals surface area contributed by atoms with Gasteiger partial charge in [0.2, 0.25) is 0 Å². The highest BCUT2D eigenvalue weighted by atomic mass is 19.1. The standard InChI is InChI=1S/C13H16FNO3/c1-8-5-10(6-9(2)17-8)18-13(16)11-3-4-15-7-12(11)14/h3-4,7-10H,5-6H2,1-2H3. The zero-order valence-corrected chi connectivity index (χ0v) is 10.4. The Balaban J connectivity index is 2.01. The molecule has 0 spiro atoms. The highest BCUT2D eigenvalue weighted by Crippen LogP contribution is 2.22. The van der Waals surface area contributed by atoms with Crippen LogP contribution in [0.3, 0.4) is 0 Å². The molecular weight excluding hydrogens is 237 g/mol. The van der Waals surface area contributed by atoms with Crippen LogP contribution >= 0.6 is 0 Å². The molecule has 0 saturated carbocycles. The second-order valence-electron chi connectivity index (χ2n) is 4.61. The van der Waals surface area contributed by atoms with E-state index in [2.05, 4.69) is 4.98 Å². The number of esters is 1. The third-order valence-electron chi connectivity index (χ3n) is 2.92. The molecule has 0 aliphatic carbocycles. The van der Waals surface area contributed by atoms with Gasteiger partial charge in [0, 0.05) is 19.0 Å². The van der Waals surface area contributed by atoms with Gasteiger partial charge >= 0.3 is 5.97 Å². The van der Waals surface area contributed by atoms with Crippen LogP contribution in [0, 0.1) is 5.82 Å². The Morgan fingerprint density at radius 1 is 1.44 bits per heavy atom. The summed E-state index contributed by atoms with van der Waals surface area (Å²) in [4.78, 5) is 15.4. The molecule has 2 heterocycles. The molecule has 0 bridgehead atoms. The number of rotatable bonds is 2. The molecule has 4 nitrogen and oxygen atoms in total. The normalized spacial score (nSPS) is 27.8. The second kappa shape index (κ2) is 5.44. The molecule has 1 saturated heterocycles. The molecule has 1 fully saturated rings. The minimum Gasteiger partial charge on any atom is -0.458 e. The summed E-state index contributed by atoms with van der Waals surface area (Å²) in [5.74, 6) is -1.29. The van der Waals surface area contributed by atoms with Crippen molar-refractivity contribution < 1.29 is 18.7 Å². The van der Waals surface area contributed by atoms with Gasteiger partial charge < -0.3 is 9.47 Å². The quantitative estimate of drug-likeness (QED) is 0.759. The summed E-state index contributed by atoms with van der Waals surface area (Å²) in [6.45, 7) is 3.87. The Kier molecular flexibility index (Phi) is 3.91. The van der Waals surface area contributed by atoms with Crippen molar-refractivity contribution in [2.24, 2.45) is 0 Å². The number of aromatic nitrogens is 1. The van der Waals surface area contributed by atoms with E-state index in [9.17, 15) is 9.18 Å². The first-order chi connectivity index (χ1) is 8.56. The van der Waals surface area contributed by atoms with E-state index in [-0.39, 0.29) is 23.9 Å². The maximum atomic E-state index is 13.4.